The predicted molar refractivity (Wildman–Crippen MR) is 74.9 cm³/mol. The van der Waals surface area contributed by atoms with Gasteiger partial charge in [0, 0.05) is 19.6 Å². The van der Waals surface area contributed by atoms with Gasteiger partial charge in [-0.1, -0.05) is 0 Å². The maximum absolute atomic E-state index is 12.0. The first-order chi connectivity index (χ1) is 9.93. The van der Waals surface area contributed by atoms with Crippen molar-refractivity contribution in [1.82, 2.24) is 15.5 Å². The van der Waals surface area contributed by atoms with E-state index in [1.54, 1.807) is 11.8 Å². The van der Waals surface area contributed by atoms with E-state index in [4.69, 9.17) is 9.84 Å². The highest BCUT2D eigenvalue weighted by Gasteiger charge is 2.25. The Bertz CT molecular complexity index is 380. The Hall–Kier alpha value is -1.83. The fourth-order valence-electron chi connectivity index (χ4n) is 2.08. The van der Waals surface area contributed by atoms with Crippen molar-refractivity contribution < 1.29 is 24.2 Å². The Morgan fingerprint density at radius 2 is 1.95 bits per heavy atom. The van der Waals surface area contributed by atoms with Crippen LogP contribution in [0.1, 0.15) is 26.7 Å². The predicted octanol–water partition coefficient (Wildman–Crippen LogP) is -0.214. The highest BCUT2D eigenvalue weighted by Crippen LogP contribution is 2.13. The average Bonchev–Trinajstić information content (AvgIpc) is 2.45. The maximum Gasteiger partial charge on any atom is 0.329 e. The number of carboxylic acid groups (broad SMARTS) is 1. The quantitative estimate of drug-likeness (QED) is 0.629. The topological polar surface area (TPSA) is 108 Å². The van der Waals surface area contributed by atoms with Crippen molar-refractivity contribution in [1.29, 1.82) is 0 Å². The van der Waals surface area contributed by atoms with Crippen LogP contribution < -0.4 is 10.6 Å². The number of hydrogen-bond donors (Lipinski definition) is 3. The van der Waals surface area contributed by atoms with Crippen molar-refractivity contribution in [3.8, 4) is 0 Å². The van der Waals surface area contributed by atoms with Crippen LogP contribution in [0.5, 0.6) is 0 Å². The molecule has 21 heavy (non-hydrogen) atoms. The average molecular weight is 301 g/mol. The van der Waals surface area contributed by atoms with Crippen LogP contribution in [0.2, 0.25) is 0 Å². The summed E-state index contributed by atoms with van der Waals surface area (Å²) in [6, 6.07) is -0.871. The van der Waals surface area contributed by atoms with Gasteiger partial charge in [0.1, 0.15) is 12.6 Å². The normalized spacial score (nSPS) is 17.1. The van der Waals surface area contributed by atoms with E-state index in [9.17, 15) is 14.4 Å². The van der Waals surface area contributed by atoms with E-state index in [-0.39, 0.29) is 24.6 Å². The minimum atomic E-state index is -0.995. The molecule has 8 heteroatoms. The van der Waals surface area contributed by atoms with Gasteiger partial charge in [-0.3, -0.25) is 4.79 Å². The molecule has 0 aliphatic carbocycles. The van der Waals surface area contributed by atoms with E-state index in [1.807, 2.05) is 6.92 Å². The Kier molecular flexibility index (Phi) is 6.93. The van der Waals surface area contributed by atoms with Crippen LogP contribution in [0.3, 0.4) is 0 Å². The first kappa shape index (κ1) is 17.2. The van der Waals surface area contributed by atoms with Gasteiger partial charge < -0.3 is 25.4 Å². The zero-order valence-electron chi connectivity index (χ0n) is 12.4. The number of hydrogen-bond acceptors (Lipinski definition) is 4. The highest BCUT2D eigenvalue weighted by molar-refractivity contribution is 5.86. The number of rotatable bonds is 6. The molecule has 1 saturated heterocycles. The smallest absolute Gasteiger partial charge is 0.329 e. The summed E-state index contributed by atoms with van der Waals surface area (Å²) in [5, 5.41) is 13.8. The minimum absolute atomic E-state index is 0.133. The lowest BCUT2D eigenvalue weighted by molar-refractivity contribution is -0.145. The number of nitrogens with zero attached hydrogens (tertiary/aromatic N) is 1. The Morgan fingerprint density at radius 1 is 1.33 bits per heavy atom. The lowest BCUT2D eigenvalue weighted by Gasteiger charge is -2.32. The standard InChI is InChI=1S/C13H23N3O5/c1-3-14-12(19)9(2)15-13(20)16-6-4-10(5-7-16)21-8-11(17)18/h9-10H,3-8H2,1-2H3,(H,14,19)(H,15,20)(H,17,18). The van der Waals surface area contributed by atoms with Crippen molar-refractivity contribution >= 4 is 17.9 Å². The number of carbonyl (C=O) groups is 3. The van der Waals surface area contributed by atoms with E-state index < -0.39 is 12.0 Å². The van der Waals surface area contributed by atoms with Crippen LogP contribution in [-0.4, -0.2) is 66.3 Å². The van der Waals surface area contributed by atoms with Gasteiger partial charge in [-0.2, -0.15) is 0 Å². The van der Waals surface area contributed by atoms with Crippen molar-refractivity contribution in [2.75, 3.05) is 26.2 Å². The van der Waals surface area contributed by atoms with Crippen LogP contribution in [0.4, 0.5) is 4.79 Å². The molecule has 0 aromatic carbocycles. The lowest BCUT2D eigenvalue weighted by Crippen LogP contribution is -2.52. The van der Waals surface area contributed by atoms with Gasteiger partial charge in [-0.05, 0) is 26.7 Å². The first-order valence-corrected chi connectivity index (χ1v) is 7.10. The van der Waals surface area contributed by atoms with E-state index in [1.165, 1.54) is 0 Å². The third-order valence-corrected chi connectivity index (χ3v) is 3.26. The van der Waals surface area contributed by atoms with Gasteiger partial charge >= 0.3 is 12.0 Å². The van der Waals surface area contributed by atoms with Crippen LogP contribution in [0.15, 0.2) is 0 Å². The van der Waals surface area contributed by atoms with Gasteiger partial charge in [0.25, 0.3) is 0 Å². The molecular formula is C13H23N3O5. The van der Waals surface area contributed by atoms with Gasteiger partial charge in [-0.25, -0.2) is 9.59 Å². The van der Waals surface area contributed by atoms with Crippen molar-refractivity contribution in [2.24, 2.45) is 0 Å². The zero-order valence-corrected chi connectivity index (χ0v) is 12.4. The summed E-state index contributed by atoms with van der Waals surface area (Å²) < 4.78 is 5.20. The van der Waals surface area contributed by atoms with Crippen molar-refractivity contribution in [3.05, 3.63) is 0 Å². The number of likely N-dealkylation sites (N-methyl/N-ethyl adjacent to an activating group) is 1. The molecule has 0 saturated carbocycles. The van der Waals surface area contributed by atoms with Crippen LogP contribution in [-0.2, 0) is 14.3 Å². The molecule has 0 aromatic rings. The molecule has 1 aliphatic heterocycles. The van der Waals surface area contributed by atoms with Crippen molar-refractivity contribution in [2.45, 2.75) is 38.8 Å². The molecule has 1 fully saturated rings. The molecule has 0 spiro atoms. The second kappa shape index (κ2) is 8.46. The monoisotopic (exact) mass is 301 g/mol. The summed E-state index contributed by atoms with van der Waals surface area (Å²) in [6.45, 7) is 4.62. The summed E-state index contributed by atoms with van der Waals surface area (Å²) in [4.78, 5) is 35.6. The van der Waals surface area contributed by atoms with Crippen LogP contribution in [0, 0.1) is 0 Å². The molecule has 8 nitrogen and oxygen atoms in total. The largest absolute Gasteiger partial charge is 0.480 e. The summed E-state index contributed by atoms with van der Waals surface area (Å²) in [7, 11) is 0. The number of amides is 3. The Labute approximate surface area is 123 Å². The number of piperidine rings is 1. The van der Waals surface area contributed by atoms with Gasteiger partial charge in [0.15, 0.2) is 0 Å². The molecule has 1 atom stereocenters. The molecule has 0 aromatic heterocycles. The summed E-state index contributed by atoms with van der Waals surface area (Å²) in [5.74, 6) is -1.21. The minimum Gasteiger partial charge on any atom is -0.480 e. The summed E-state index contributed by atoms with van der Waals surface area (Å²) >= 11 is 0. The van der Waals surface area contributed by atoms with Crippen LogP contribution in [0.25, 0.3) is 0 Å². The molecule has 1 unspecified atom stereocenters. The third kappa shape index (κ3) is 5.99. The first-order valence-electron chi connectivity index (χ1n) is 7.10. The van der Waals surface area contributed by atoms with E-state index in [0.717, 1.165) is 0 Å². The molecule has 1 heterocycles. The zero-order chi connectivity index (χ0) is 15.8. The van der Waals surface area contributed by atoms with Gasteiger partial charge in [0.2, 0.25) is 5.91 Å². The number of carboxylic acids is 1. The molecule has 3 amide bonds. The molecule has 3 N–H and O–H groups in total. The second-order valence-electron chi connectivity index (χ2n) is 4.96. The number of aliphatic carboxylic acids is 1. The van der Waals surface area contributed by atoms with Gasteiger partial charge in [-0.15, -0.1) is 0 Å². The third-order valence-electron chi connectivity index (χ3n) is 3.26. The second-order valence-corrected chi connectivity index (χ2v) is 4.96. The number of likely N-dealkylation sites (tertiary alicyclic amines) is 1. The van der Waals surface area contributed by atoms with Crippen LogP contribution >= 0.6 is 0 Å². The molecule has 0 radical (unpaired) electrons. The fourth-order valence-corrected chi connectivity index (χ4v) is 2.08. The number of nitrogens with one attached hydrogen (secondary N) is 2. The molecule has 120 valence electrons. The van der Waals surface area contributed by atoms with Crippen molar-refractivity contribution in [3.63, 3.8) is 0 Å². The fraction of sp³-hybridized carbons (Fsp3) is 0.769. The summed E-state index contributed by atoms with van der Waals surface area (Å²) in [5.41, 5.74) is 0. The Morgan fingerprint density at radius 3 is 2.48 bits per heavy atom. The number of ether oxygens (including phenoxy) is 1. The summed E-state index contributed by atoms with van der Waals surface area (Å²) in [6.07, 6.45) is 1.05. The van der Waals surface area contributed by atoms with E-state index in [2.05, 4.69) is 10.6 Å². The SMILES string of the molecule is CCNC(=O)C(C)NC(=O)N1CCC(OCC(=O)O)CC1. The number of carbonyl (C=O) groups excluding carboxylic acids is 2. The maximum atomic E-state index is 12.0. The molecule has 1 rings (SSSR count). The van der Waals surface area contributed by atoms with E-state index in [0.29, 0.717) is 32.5 Å². The number of urea groups is 1. The molecule has 1 aliphatic rings. The lowest BCUT2D eigenvalue weighted by atomic mass is 10.1. The van der Waals surface area contributed by atoms with Gasteiger partial charge in [0.05, 0.1) is 6.10 Å². The highest BCUT2D eigenvalue weighted by atomic mass is 16.5. The van der Waals surface area contributed by atoms with E-state index >= 15 is 0 Å². The Balaban J connectivity index is 2.31. The molecular weight excluding hydrogens is 278 g/mol. The molecule has 0 bridgehead atoms.